The Labute approximate surface area is 288 Å². The molecule has 0 bridgehead atoms. The lowest BCUT2D eigenvalue weighted by Gasteiger charge is -2.44. The zero-order valence-electron chi connectivity index (χ0n) is 26.2. The number of methoxy groups -OCH3 is 1. The van der Waals surface area contributed by atoms with E-state index in [1.165, 1.54) is 25.1 Å². The first-order chi connectivity index (χ1) is 23.0. The van der Waals surface area contributed by atoms with E-state index < -0.39 is 53.0 Å². The van der Waals surface area contributed by atoms with Crippen LogP contribution in [0.15, 0.2) is 60.7 Å². The lowest BCUT2D eigenvalue weighted by Crippen LogP contribution is -2.55. The fourth-order valence-electron chi connectivity index (χ4n) is 6.48. The van der Waals surface area contributed by atoms with Gasteiger partial charge in [0.25, 0.3) is 11.8 Å². The minimum absolute atomic E-state index is 0.0243. The zero-order chi connectivity index (χ0) is 35.8. The minimum atomic E-state index is -5.13. The van der Waals surface area contributed by atoms with E-state index in [4.69, 9.17) is 27.9 Å². The van der Waals surface area contributed by atoms with E-state index >= 15 is 0 Å². The van der Waals surface area contributed by atoms with Gasteiger partial charge in [-0.1, -0.05) is 29.3 Å². The van der Waals surface area contributed by atoms with Gasteiger partial charge in [0, 0.05) is 49.8 Å². The van der Waals surface area contributed by atoms with Crippen LogP contribution in [0.1, 0.15) is 62.6 Å². The van der Waals surface area contributed by atoms with Gasteiger partial charge in [0.05, 0.1) is 28.3 Å². The number of hydrogen-bond acceptors (Lipinski definition) is 4. The predicted octanol–water partition coefficient (Wildman–Crippen LogP) is 7.80. The second-order valence-electron chi connectivity index (χ2n) is 12.0. The molecule has 0 radical (unpaired) electrons. The van der Waals surface area contributed by atoms with E-state index in [1.54, 1.807) is 41.3 Å². The number of amides is 3. The van der Waals surface area contributed by atoms with E-state index in [0.717, 1.165) is 4.90 Å². The number of likely N-dealkylation sites (N-methyl/N-ethyl adjacent to an activating group) is 1. The second kappa shape index (κ2) is 14.1. The van der Waals surface area contributed by atoms with Gasteiger partial charge in [0.2, 0.25) is 5.91 Å². The maximum Gasteiger partial charge on any atom is 0.416 e. The molecule has 0 aliphatic carbocycles. The number of carbonyl (C=O) groups excluding carboxylic acids is 3. The summed E-state index contributed by atoms with van der Waals surface area (Å²) in [5.41, 5.74) is -3.06. The topological polar surface area (TPSA) is 70.2 Å². The number of alkyl halides is 6. The number of hydrogen-bond donors (Lipinski definition) is 0. The van der Waals surface area contributed by atoms with E-state index in [1.807, 2.05) is 0 Å². The van der Waals surface area contributed by atoms with Crippen molar-refractivity contribution in [3.05, 3.63) is 98.5 Å². The average Bonchev–Trinajstić information content (AvgIpc) is 3.57. The molecule has 0 saturated carbocycles. The molecule has 2 heterocycles. The molecule has 2 fully saturated rings. The SMILES string of the molecule is COc1ccc(C(=O)N2CCC[C@H]2C(=O)N2CC[C@@H](N(C)C(=O)c3cc(C(F)(F)F)cc(C(F)(F)F)c3)[C@H](c3ccc(Cl)c(Cl)c3)C2)cc1. The van der Waals surface area contributed by atoms with Crippen molar-refractivity contribution >= 4 is 40.9 Å². The van der Waals surface area contributed by atoms with Crippen LogP contribution in [0.3, 0.4) is 0 Å². The Balaban J connectivity index is 1.43. The summed E-state index contributed by atoms with van der Waals surface area (Å²) in [5, 5.41) is 0.410. The van der Waals surface area contributed by atoms with Gasteiger partial charge < -0.3 is 19.4 Å². The van der Waals surface area contributed by atoms with Crippen LogP contribution in [0, 0.1) is 0 Å². The van der Waals surface area contributed by atoms with Gasteiger partial charge >= 0.3 is 12.4 Å². The normalized spacial score (nSPS) is 19.9. The van der Waals surface area contributed by atoms with Crippen molar-refractivity contribution in [1.29, 1.82) is 0 Å². The highest BCUT2D eigenvalue weighted by molar-refractivity contribution is 6.42. The highest BCUT2D eigenvalue weighted by Gasteiger charge is 2.43. The minimum Gasteiger partial charge on any atom is -0.497 e. The van der Waals surface area contributed by atoms with Crippen molar-refractivity contribution in [3.8, 4) is 5.75 Å². The van der Waals surface area contributed by atoms with Gasteiger partial charge in [-0.25, -0.2) is 0 Å². The molecular formula is C34H31Cl2F6N3O4. The zero-order valence-corrected chi connectivity index (χ0v) is 27.8. The van der Waals surface area contributed by atoms with Crippen LogP contribution in [-0.4, -0.2) is 78.3 Å². The number of benzene rings is 3. The average molecular weight is 731 g/mol. The van der Waals surface area contributed by atoms with Crippen molar-refractivity contribution in [2.45, 2.75) is 49.6 Å². The number of rotatable bonds is 6. The van der Waals surface area contributed by atoms with Crippen molar-refractivity contribution in [2.24, 2.45) is 0 Å². The van der Waals surface area contributed by atoms with E-state index in [0.29, 0.717) is 48.4 Å². The van der Waals surface area contributed by atoms with Gasteiger partial charge in [-0.3, -0.25) is 14.4 Å². The molecule has 2 saturated heterocycles. The van der Waals surface area contributed by atoms with E-state index in [9.17, 15) is 40.7 Å². The third kappa shape index (κ3) is 7.77. The molecule has 0 spiro atoms. The molecule has 49 heavy (non-hydrogen) atoms. The summed E-state index contributed by atoms with van der Waals surface area (Å²) < 4.78 is 86.6. The highest BCUT2D eigenvalue weighted by atomic mass is 35.5. The lowest BCUT2D eigenvalue weighted by atomic mass is 9.84. The van der Waals surface area contributed by atoms with Gasteiger partial charge in [0.15, 0.2) is 0 Å². The molecule has 3 atom stereocenters. The summed E-state index contributed by atoms with van der Waals surface area (Å²) in [5.74, 6) is -1.79. The third-order valence-electron chi connectivity index (χ3n) is 9.05. The first-order valence-corrected chi connectivity index (χ1v) is 16.0. The van der Waals surface area contributed by atoms with Crippen LogP contribution in [0.2, 0.25) is 10.0 Å². The molecule has 0 aromatic heterocycles. The molecule has 2 aliphatic rings. The predicted molar refractivity (Wildman–Crippen MR) is 170 cm³/mol. The Kier molecular flexibility index (Phi) is 10.5. The lowest BCUT2D eigenvalue weighted by molar-refractivity contribution is -0.143. The molecule has 0 N–H and O–H groups in total. The van der Waals surface area contributed by atoms with Gasteiger partial charge in [-0.2, -0.15) is 26.3 Å². The number of halogens is 8. The molecule has 2 aliphatic heterocycles. The van der Waals surface area contributed by atoms with Gasteiger partial charge in [-0.15, -0.1) is 0 Å². The van der Waals surface area contributed by atoms with Crippen LogP contribution >= 0.6 is 23.2 Å². The van der Waals surface area contributed by atoms with E-state index in [2.05, 4.69) is 0 Å². The molecule has 5 rings (SSSR count). The monoisotopic (exact) mass is 729 g/mol. The first kappa shape index (κ1) is 36.3. The standard InChI is InChI=1S/C34H31Cl2F6N3O4/c1-43(30(46)21-14-22(33(37,38)39)17-23(15-21)34(40,41)42)28-11-13-44(18-25(28)20-7-10-26(35)27(36)16-20)32(48)29-4-3-12-45(29)31(47)19-5-8-24(49-2)9-6-19/h5-10,14-17,25,28-29H,3-4,11-13,18H2,1-2H3/t25-,28+,29-/m0/s1. The van der Waals surface area contributed by atoms with Crippen LogP contribution in [0.25, 0.3) is 0 Å². The highest BCUT2D eigenvalue weighted by Crippen LogP contribution is 2.39. The fraction of sp³-hybridized carbons (Fsp3) is 0.382. The van der Waals surface area contributed by atoms with E-state index in [-0.39, 0.29) is 47.4 Å². The Morgan fingerprint density at radius 2 is 1.45 bits per heavy atom. The summed E-state index contributed by atoms with van der Waals surface area (Å²) in [6.07, 6.45) is -9.12. The van der Waals surface area contributed by atoms with Gasteiger partial charge in [0.1, 0.15) is 11.8 Å². The maximum atomic E-state index is 14.0. The Morgan fingerprint density at radius 3 is 2.02 bits per heavy atom. The number of ether oxygens (including phenoxy) is 1. The van der Waals surface area contributed by atoms with Crippen LogP contribution in [0.4, 0.5) is 26.3 Å². The Hall–Kier alpha value is -3.97. The number of likely N-dealkylation sites (tertiary alicyclic amines) is 2. The molecule has 0 unspecified atom stereocenters. The Morgan fingerprint density at radius 1 is 0.816 bits per heavy atom. The summed E-state index contributed by atoms with van der Waals surface area (Å²) in [4.78, 5) is 45.3. The molecule has 3 aromatic carbocycles. The van der Waals surface area contributed by atoms with Crippen LogP contribution in [0.5, 0.6) is 5.75 Å². The molecule has 262 valence electrons. The van der Waals surface area contributed by atoms with Crippen molar-refractivity contribution in [1.82, 2.24) is 14.7 Å². The van der Waals surface area contributed by atoms with Crippen LogP contribution < -0.4 is 4.74 Å². The quantitative estimate of drug-likeness (QED) is 0.243. The fourth-order valence-corrected chi connectivity index (χ4v) is 6.79. The van der Waals surface area contributed by atoms with Crippen molar-refractivity contribution < 1.29 is 45.5 Å². The van der Waals surface area contributed by atoms with Gasteiger partial charge in [-0.05, 0) is 79.4 Å². The number of carbonyl (C=O) groups is 3. The number of piperidine rings is 1. The number of nitrogens with zero attached hydrogens (tertiary/aromatic N) is 3. The summed E-state index contributed by atoms with van der Waals surface area (Å²) in [6, 6.07) is 10.5. The molecule has 7 nitrogen and oxygen atoms in total. The smallest absolute Gasteiger partial charge is 0.416 e. The first-order valence-electron chi connectivity index (χ1n) is 15.2. The maximum absolute atomic E-state index is 14.0. The summed E-state index contributed by atoms with van der Waals surface area (Å²) in [7, 11) is 2.80. The molecule has 3 aromatic rings. The second-order valence-corrected chi connectivity index (χ2v) is 12.8. The Bertz CT molecular complexity index is 1700. The van der Waals surface area contributed by atoms with Crippen molar-refractivity contribution in [2.75, 3.05) is 33.8 Å². The van der Waals surface area contributed by atoms with Crippen molar-refractivity contribution in [3.63, 3.8) is 0 Å². The third-order valence-corrected chi connectivity index (χ3v) is 9.79. The van der Waals surface area contributed by atoms with Crippen LogP contribution in [-0.2, 0) is 17.1 Å². The summed E-state index contributed by atoms with van der Waals surface area (Å²) in [6.45, 7) is 0.495. The summed E-state index contributed by atoms with van der Waals surface area (Å²) >= 11 is 12.5. The molecule has 15 heteroatoms. The molecule has 3 amide bonds. The largest absolute Gasteiger partial charge is 0.497 e. The molecular weight excluding hydrogens is 699 g/mol.